The molecule has 1 aromatic carbocycles. The van der Waals surface area contributed by atoms with Gasteiger partial charge in [0.25, 0.3) is 0 Å². The first-order chi connectivity index (χ1) is 8.10. The number of hydrogen-bond acceptors (Lipinski definition) is 4. The number of benzene rings is 1. The van der Waals surface area contributed by atoms with Gasteiger partial charge >= 0.3 is 5.97 Å². The number of carboxylic acids is 1. The molecule has 0 amide bonds. The summed E-state index contributed by atoms with van der Waals surface area (Å²) < 4.78 is 0. The summed E-state index contributed by atoms with van der Waals surface area (Å²) in [6.45, 7) is -0.229. The fourth-order valence-corrected chi connectivity index (χ4v) is 1.57. The van der Waals surface area contributed by atoms with E-state index in [-0.39, 0.29) is 18.6 Å². The van der Waals surface area contributed by atoms with Gasteiger partial charge < -0.3 is 20.1 Å². The molecule has 0 heterocycles. The first kappa shape index (κ1) is 13.3. The highest BCUT2D eigenvalue weighted by Gasteiger charge is 2.19. The molecule has 0 saturated heterocycles. The van der Waals surface area contributed by atoms with Gasteiger partial charge in [-0.3, -0.25) is 0 Å². The third-order valence-corrected chi connectivity index (χ3v) is 2.45. The van der Waals surface area contributed by atoms with Gasteiger partial charge in [0.1, 0.15) is 6.29 Å². The highest BCUT2D eigenvalue weighted by molar-refractivity contribution is 5.74. The molecule has 0 aromatic heterocycles. The Morgan fingerprint density at radius 3 is 2.65 bits per heavy atom. The van der Waals surface area contributed by atoms with E-state index < -0.39 is 12.1 Å². The minimum absolute atomic E-state index is 0.228. The van der Waals surface area contributed by atoms with E-state index >= 15 is 0 Å². The van der Waals surface area contributed by atoms with Crippen molar-refractivity contribution in [3.8, 4) is 0 Å². The van der Waals surface area contributed by atoms with Crippen molar-refractivity contribution in [2.45, 2.75) is 25.6 Å². The predicted molar refractivity (Wildman–Crippen MR) is 59.3 cm³/mol. The summed E-state index contributed by atoms with van der Waals surface area (Å²) in [5.74, 6) is -1.35. The fourth-order valence-electron chi connectivity index (χ4n) is 1.57. The van der Waals surface area contributed by atoms with Crippen molar-refractivity contribution in [3.05, 3.63) is 34.9 Å². The molecule has 0 saturated carbocycles. The molecule has 0 aliphatic carbocycles. The van der Waals surface area contributed by atoms with Crippen LogP contribution < -0.4 is 0 Å². The normalized spacial score (nSPS) is 12.1. The smallest absolute Gasteiger partial charge is 0.337 e. The van der Waals surface area contributed by atoms with Crippen LogP contribution in [0, 0.1) is 0 Å². The number of aryl methyl sites for hydroxylation is 1. The summed E-state index contributed by atoms with van der Waals surface area (Å²) in [6.07, 6.45) is -0.271. The van der Waals surface area contributed by atoms with Gasteiger partial charge in [-0.1, -0.05) is 18.2 Å². The van der Waals surface area contributed by atoms with Crippen LogP contribution in [0.15, 0.2) is 18.2 Å². The van der Waals surface area contributed by atoms with E-state index in [9.17, 15) is 14.7 Å². The summed E-state index contributed by atoms with van der Waals surface area (Å²) in [4.78, 5) is 21.0. The summed E-state index contributed by atoms with van der Waals surface area (Å²) in [6, 6.07) is 4.70. The Morgan fingerprint density at radius 2 is 2.12 bits per heavy atom. The molecule has 1 aromatic rings. The Bertz CT molecular complexity index is 413. The lowest BCUT2D eigenvalue weighted by Gasteiger charge is -2.13. The second-order valence-corrected chi connectivity index (χ2v) is 3.64. The lowest BCUT2D eigenvalue weighted by Crippen LogP contribution is -2.13. The molecular weight excluding hydrogens is 224 g/mol. The molecule has 5 heteroatoms. The zero-order valence-corrected chi connectivity index (χ0v) is 9.17. The Labute approximate surface area is 98.3 Å². The van der Waals surface area contributed by atoms with Gasteiger partial charge in [-0.25, -0.2) is 4.79 Å². The van der Waals surface area contributed by atoms with Crippen LogP contribution in [0.25, 0.3) is 0 Å². The maximum atomic E-state index is 10.7. The number of aliphatic hydroxyl groups excluding tert-OH is 2. The molecule has 92 valence electrons. The summed E-state index contributed by atoms with van der Waals surface area (Å²) in [5, 5.41) is 27.3. The second-order valence-electron chi connectivity index (χ2n) is 3.64. The molecule has 0 spiro atoms. The minimum Gasteiger partial charge on any atom is -0.479 e. The highest BCUT2D eigenvalue weighted by atomic mass is 16.4. The zero-order valence-electron chi connectivity index (χ0n) is 9.17. The summed E-state index contributed by atoms with van der Waals surface area (Å²) in [5.41, 5.74) is 1.35. The Balaban J connectivity index is 3.10. The molecule has 0 aliphatic rings. The van der Waals surface area contributed by atoms with Gasteiger partial charge in [0, 0.05) is 6.42 Å². The van der Waals surface area contributed by atoms with Crippen LogP contribution in [0.5, 0.6) is 0 Å². The zero-order chi connectivity index (χ0) is 12.8. The molecule has 0 bridgehead atoms. The van der Waals surface area contributed by atoms with Crippen molar-refractivity contribution < 1.29 is 24.9 Å². The number of rotatable bonds is 6. The monoisotopic (exact) mass is 238 g/mol. The average Bonchev–Trinajstić information content (AvgIpc) is 2.35. The van der Waals surface area contributed by atoms with Gasteiger partial charge in [-0.15, -0.1) is 0 Å². The van der Waals surface area contributed by atoms with E-state index in [0.29, 0.717) is 17.5 Å². The molecule has 17 heavy (non-hydrogen) atoms. The van der Waals surface area contributed by atoms with Crippen LogP contribution in [0.2, 0.25) is 0 Å². The number of hydrogen-bond donors (Lipinski definition) is 3. The van der Waals surface area contributed by atoms with Gasteiger partial charge in [0.15, 0.2) is 6.10 Å². The topological polar surface area (TPSA) is 94.8 Å². The van der Waals surface area contributed by atoms with E-state index in [1.807, 2.05) is 0 Å². The van der Waals surface area contributed by atoms with Gasteiger partial charge in [0.2, 0.25) is 0 Å². The van der Waals surface area contributed by atoms with E-state index in [1.54, 1.807) is 12.1 Å². The van der Waals surface area contributed by atoms with Crippen LogP contribution in [-0.4, -0.2) is 27.6 Å². The summed E-state index contributed by atoms with van der Waals surface area (Å²) in [7, 11) is 0. The summed E-state index contributed by atoms with van der Waals surface area (Å²) >= 11 is 0. The molecule has 1 unspecified atom stereocenters. The Hall–Kier alpha value is -1.72. The average molecular weight is 238 g/mol. The third-order valence-electron chi connectivity index (χ3n) is 2.45. The van der Waals surface area contributed by atoms with Gasteiger partial charge in [-0.2, -0.15) is 0 Å². The first-order valence-electron chi connectivity index (χ1n) is 5.17. The molecule has 1 atom stereocenters. The van der Waals surface area contributed by atoms with E-state index in [2.05, 4.69) is 0 Å². The highest BCUT2D eigenvalue weighted by Crippen LogP contribution is 2.21. The maximum absolute atomic E-state index is 10.7. The molecule has 0 aliphatic heterocycles. The lowest BCUT2D eigenvalue weighted by atomic mass is 9.96. The number of aliphatic carboxylic acids is 1. The van der Waals surface area contributed by atoms with Crippen LogP contribution in [0.3, 0.4) is 0 Å². The lowest BCUT2D eigenvalue weighted by molar-refractivity contribution is -0.147. The van der Waals surface area contributed by atoms with E-state index in [0.717, 1.165) is 6.29 Å². The first-order valence-corrected chi connectivity index (χ1v) is 5.17. The van der Waals surface area contributed by atoms with Crippen molar-refractivity contribution in [2.75, 3.05) is 0 Å². The molecule has 0 fully saturated rings. The van der Waals surface area contributed by atoms with Crippen molar-refractivity contribution >= 4 is 12.3 Å². The third kappa shape index (κ3) is 3.37. The Kier molecular flexibility index (Phi) is 4.81. The maximum Gasteiger partial charge on any atom is 0.337 e. The largest absolute Gasteiger partial charge is 0.479 e. The minimum atomic E-state index is -1.64. The van der Waals surface area contributed by atoms with Gasteiger partial charge in [-0.05, 0) is 23.1 Å². The number of carbonyl (C=O) groups is 2. The molecule has 1 rings (SSSR count). The number of carbonyl (C=O) groups excluding carboxylic acids is 1. The standard InChI is InChI=1S/C12H14O5/c13-5-1-2-9-4-3-8(7-14)6-10(9)11(15)12(16)17/h3-6,11,14-15H,1-2,7H2,(H,16,17). The fraction of sp³-hybridized carbons (Fsp3) is 0.333. The van der Waals surface area contributed by atoms with Gasteiger partial charge in [0.05, 0.1) is 6.61 Å². The van der Waals surface area contributed by atoms with Crippen LogP contribution in [0.1, 0.15) is 29.2 Å². The van der Waals surface area contributed by atoms with Crippen molar-refractivity contribution in [1.82, 2.24) is 0 Å². The quantitative estimate of drug-likeness (QED) is 0.625. The van der Waals surface area contributed by atoms with Crippen LogP contribution in [0.4, 0.5) is 0 Å². The second kappa shape index (κ2) is 6.12. The number of carboxylic acid groups (broad SMARTS) is 1. The molecule has 3 N–H and O–H groups in total. The van der Waals surface area contributed by atoms with Crippen molar-refractivity contribution in [1.29, 1.82) is 0 Å². The van der Waals surface area contributed by atoms with Crippen molar-refractivity contribution in [3.63, 3.8) is 0 Å². The van der Waals surface area contributed by atoms with E-state index in [1.165, 1.54) is 6.07 Å². The molecular formula is C12H14O5. The Morgan fingerprint density at radius 1 is 1.41 bits per heavy atom. The molecule has 5 nitrogen and oxygen atoms in total. The van der Waals surface area contributed by atoms with Crippen LogP contribution >= 0.6 is 0 Å². The van der Waals surface area contributed by atoms with E-state index in [4.69, 9.17) is 10.2 Å². The number of aldehydes is 1. The van der Waals surface area contributed by atoms with Crippen LogP contribution in [-0.2, 0) is 22.6 Å². The number of aliphatic hydroxyl groups is 2. The SMILES string of the molecule is O=CCCc1ccc(CO)cc1C(O)C(=O)O. The van der Waals surface area contributed by atoms with Crippen molar-refractivity contribution in [2.24, 2.45) is 0 Å². The predicted octanol–water partition coefficient (Wildman–Crippen LogP) is 0.428. The molecule has 0 radical (unpaired) electrons.